The molecule has 1 aromatic carbocycles. The van der Waals surface area contributed by atoms with Crippen LogP contribution in [-0.2, 0) is 19.4 Å². The summed E-state index contributed by atoms with van der Waals surface area (Å²) in [5.41, 5.74) is 4.60. The number of hydrogen-bond acceptors (Lipinski definition) is 1. The van der Waals surface area contributed by atoms with Gasteiger partial charge in [0.1, 0.15) is 0 Å². The molecule has 0 heterocycles. The molecule has 19 heavy (non-hydrogen) atoms. The van der Waals surface area contributed by atoms with Crippen LogP contribution in [0, 0.1) is 0 Å². The third-order valence-electron chi connectivity index (χ3n) is 4.38. The summed E-state index contributed by atoms with van der Waals surface area (Å²) >= 11 is 5.97. The van der Waals surface area contributed by atoms with E-state index in [2.05, 4.69) is 36.9 Å². The fraction of sp³-hybridized carbons (Fsp3) is 0.647. The lowest BCUT2D eigenvalue weighted by Crippen LogP contribution is -2.35. The summed E-state index contributed by atoms with van der Waals surface area (Å²) in [6, 6.07) is 7.73. The zero-order valence-electron chi connectivity index (χ0n) is 12.3. The first-order chi connectivity index (χ1) is 9.28. The molecule has 1 aliphatic carbocycles. The Labute approximate surface area is 123 Å². The van der Waals surface area contributed by atoms with E-state index in [0.29, 0.717) is 6.04 Å². The van der Waals surface area contributed by atoms with Gasteiger partial charge < -0.3 is 0 Å². The van der Waals surface area contributed by atoms with Crippen molar-refractivity contribution in [2.75, 3.05) is 12.4 Å². The number of rotatable bonds is 7. The molecule has 0 aromatic heterocycles. The molecule has 1 nitrogen and oxygen atoms in total. The molecule has 0 amide bonds. The van der Waals surface area contributed by atoms with Crippen molar-refractivity contribution in [3.8, 4) is 0 Å². The van der Waals surface area contributed by atoms with Crippen LogP contribution in [-0.4, -0.2) is 23.4 Å². The van der Waals surface area contributed by atoms with Gasteiger partial charge in [-0.2, -0.15) is 0 Å². The van der Waals surface area contributed by atoms with E-state index in [4.69, 9.17) is 11.6 Å². The van der Waals surface area contributed by atoms with Gasteiger partial charge in [0.05, 0.1) is 0 Å². The minimum atomic E-state index is 0.659. The molecule has 0 atom stereocenters. The highest BCUT2D eigenvalue weighted by atomic mass is 35.5. The monoisotopic (exact) mass is 279 g/mol. The molecular formula is C17H26ClN. The Hall–Kier alpha value is -0.530. The molecule has 0 radical (unpaired) electrons. The predicted octanol–water partition coefficient (Wildman–Crippen LogP) is 4.40. The van der Waals surface area contributed by atoms with E-state index in [-0.39, 0.29) is 0 Å². The van der Waals surface area contributed by atoms with Crippen molar-refractivity contribution in [2.45, 2.75) is 58.5 Å². The highest BCUT2D eigenvalue weighted by molar-refractivity contribution is 6.18. The van der Waals surface area contributed by atoms with E-state index >= 15 is 0 Å². The number of nitrogens with zero attached hydrogens (tertiary/aromatic N) is 1. The van der Waals surface area contributed by atoms with Crippen LogP contribution in [0.5, 0.6) is 0 Å². The number of halogens is 1. The van der Waals surface area contributed by atoms with Gasteiger partial charge in [0, 0.05) is 25.0 Å². The maximum absolute atomic E-state index is 5.97. The van der Waals surface area contributed by atoms with Gasteiger partial charge in [0.15, 0.2) is 0 Å². The van der Waals surface area contributed by atoms with Crippen LogP contribution in [0.2, 0.25) is 0 Å². The van der Waals surface area contributed by atoms with E-state index in [1.165, 1.54) is 37.7 Å². The van der Waals surface area contributed by atoms with Crippen LogP contribution in [0.25, 0.3) is 0 Å². The minimum absolute atomic E-state index is 0.659. The summed E-state index contributed by atoms with van der Waals surface area (Å²) in [7, 11) is 0. The van der Waals surface area contributed by atoms with E-state index in [0.717, 1.165) is 19.0 Å². The molecule has 0 saturated carbocycles. The topological polar surface area (TPSA) is 3.24 Å². The highest BCUT2D eigenvalue weighted by Gasteiger charge is 2.16. The molecule has 1 aliphatic rings. The van der Waals surface area contributed by atoms with Gasteiger partial charge >= 0.3 is 0 Å². The van der Waals surface area contributed by atoms with Crippen molar-refractivity contribution in [1.29, 1.82) is 0 Å². The first kappa shape index (κ1) is 14.9. The quantitative estimate of drug-likeness (QED) is 0.669. The van der Waals surface area contributed by atoms with Gasteiger partial charge in [-0.1, -0.05) is 32.0 Å². The second-order valence-corrected chi connectivity index (χ2v) is 5.96. The van der Waals surface area contributed by atoms with E-state index in [1.807, 2.05) is 0 Å². The van der Waals surface area contributed by atoms with Crippen molar-refractivity contribution in [2.24, 2.45) is 0 Å². The average Bonchev–Trinajstić information content (AvgIpc) is 2.87. The third kappa shape index (κ3) is 3.73. The number of aryl methyl sites for hydroxylation is 2. The fourth-order valence-electron chi connectivity index (χ4n) is 3.26. The van der Waals surface area contributed by atoms with Crippen LogP contribution in [0.1, 0.15) is 49.8 Å². The smallest absolute Gasteiger partial charge is 0.0351 e. The SMILES string of the molecule is CCC(CC)N(CCCl)Cc1ccc2c(c1)CCC2. The molecule has 0 N–H and O–H groups in total. The van der Waals surface area contributed by atoms with Gasteiger partial charge in [0.25, 0.3) is 0 Å². The molecule has 2 heteroatoms. The van der Waals surface area contributed by atoms with E-state index in [1.54, 1.807) is 11.1 Å². The van der Waals surface area contributed by atoms with Gasteiger partial charge in [-0.15, -0.1) is 11.6 Å². The van der Waals surface area contributed by atoms with Crippen LogP contribution in [0.4, 0.5) is 0 Å². The molecule has 0 aliphatic heterocycles. The van der Waals surface area contributed by atoms with E-state index in [9.17, 15) is 0 Å². The molecule has 2 rings (SSSR count). The Balaban J connectivity index is 2.08. The van der Waals surface area contributed by atoms with Crippen molar-refractivity contribution in [3.05, 3.63) is 34.9 Å². The molecule has 106 valence electrons. The molecule has 0 bridgehead atoms. The zero-order valence-corrected chi connectivity index (χ0v) is 13.0. The Morgan fingerprint density at radius 1 is 1.16 bits per heavy atom. The lowest BCUT2D eigenvalue weighted by molar-refractivity contribution is 0.188. The summed E-state index contributed by atoms with van der Waals surface area (Å²) in [5.74, 6) is 0.724. The molecular weight excluding hydrogens is 254 g/mol. The fourth-order valence-corrected chi connectivity index (χ4v) is 3.48. The Bertz CT molecular complexity index is 398. The summed E-state index contributed by atoms with van der Waals surface area (Å²) in [5, 5.41) is 0. The Morgan fingerprint density at radius 3 is 2.58 bits per heavy atom. The van der Waals surface area contributed by atoms with Crippen molar-refractivity contribution in [1.82, 2.24) is 4.90 Å². The van der Waals surface area contributed by atoms with Gasteiger partial charge in [-0.3, -0.25) is 4.90 Å². The number of fused-ring (bicyclic) bond motifs is 1. The number of hydrogen-bond donors (Lipinski definition) is 0. The lowest BCUT2D eigenvalue weighted by atomic mass is 10.0. The second kappa shape index (κ2) is 7.31. The highest BCUT2D eigenvalue weighted by Crippen LogP contribution is 2.24. The van der Waals surface area contributed by atoms with Crippen LogP contribution < -0.4 is 0 Å². The summed E-state index contributed by atoms with van der Waals surface area (Å²) in [6.45, 7) is 6.59. The number of benzene rings is 1. The predicted molar refractivity (Wildman–Crippen MR) is 84.0 cm³/mol. The minimum Gasteiger partial charge on any atom is -0.295 e. The summed E-state index contributed by atoms with van der Waals surface area (Å²) < 4.78 is 0. The van der Waals surface area contributed by atoms with Gasteiger partial charge in [0.2, 0.25) is 0 Å². The maximum atomic E-state index is 5.97. The standard InChI is InChI=1S/C17H26ClN/c1-3-17(4-2)19(11-10-18)13-14-8-9-15-6-5-7-16(15)12-14/h8-9,12,17H,3-7,10-11,13H2,1-2H3. The first-order valence-corrected chi connectivity index (χ1v) is 8.22. The largest absolute Gasteiger partial charge is 0.295 e. The van der Waals surface area contributed by atoms with Crippen LogP contribution in [0.3, 0.4) is 0 Å². The molecule has 0 spiro atoms. The van der Waals surface area contributed by atoms with Crippen LogP contribution >= 0.6 is 11.6 Å². The van der Waals surface area contributed by atoms with Crippen molar-refractivity contribution in [3.63, 3.8) is 0 Å². The van der Waals surface area contributed by atoms with Gasteiger partial charge in [-0.05, 0) is 48.8 Å². The maximum Gasteiger partial charge on any atom is 0.0351 e. The zero-order chi connectivity index (χ0) is 13.7. The summed E-state index contributed by atoms with van der Waals surface area (Å²) in [6.07, 6.45) is 6.28. The Morgan fingerprint density at radius 2 is 1.89 bits per heavy atom. The molecule has 0 saturated heterocycles. The Kier molecular flexibility index (Phi) is 5.72. The lowest BCUT2D eigenvalue weighted by Gasteiger charge is -2.30. The molecule has 1 aromatic rings. The number of alkyl halides is 1. The van der Waals surface area contributed by atoms with E-state index < -0.39 is 0 Å². The van der Waals surface area contributed by atoms with Crippen molar-refractivity contribution < 1.29 is 0 Å². The molecule has 0 fully saturated rings. The second-order valence-electron chi connectivity index (χ2n) is 5.59. The van der Waals surface area contributed by atoms with Gasteiger partial charge in [-0.25, -0.2) is 0 Å². The third-order valence-corrected chi connectivity index (χ3v) is 4.55. The van der Waals surface area contributed by atoms with Crippen molar-refractivity contribution >= 4 is 11.6 Å². The first-order valence-electron chi connectivity index (χ1n) is 7.69. The van der Waals surface area contributed by atoms with Crippen LogP contribution in [0.15, 0.2) is 18.2 Å². The summed E-state index contributed by atoms with van der Waals surface area (Å²) in [4.78, 5) is 2.55. The average molecular weight is 280 g/mol. The molecule has 0 unspecified atom stereocenters. The normalized spacial score (nSPS) is 14.4.